The SMILES string of the molecule is CC(=O)N(C)CCCC1CCNC1. The molecule has 3 nitrogen and oxygen atoms in total. The van der Waals surface area contributed by atoms with Crippen LogP contribution in [0.3, 0.4) is 0 Å². The van der Waals surface area contributed by atoms with Crippen molar-refractivity contribution in [2.24, 2.45) is 5.92 Å². The van der Waals surface area contributed by atoms with Crippen LogP contribution in [0, 0.1) is 5.92 Å². The fourth-order valence-electron chi connectivity index (χ4n) is 1.74. The van der Waals surface area contributed by atoms with Crippen molar-refractivity contribution in [3.05, 3.63) is 0 Å². The topological polar surface area (TPSA) is 32.3 Å². The summed E-state index contributed by atoms with van der Waals surface area (Å²) in [6.45, 7) is 4.87. The van der Waals surface area contributed by atoms with Crippen LogP contribution in [0.5, 0.6) is 0 Å². The average Bonchev–Trinajstić information content (AvgIpc) is 2.56. The second-order valence-electron chi connectivity index (χ2n) is 3.94. The summed E-state index contributed by atoms with van der Waals surface area (Å²) < 4.78 is 0. The summed E-state index contributed by atoms with van der Waals surface area (Å²) in [6, 6.07) is 0. The number of carbonyl (C=O) groups is 1. The summed E-state index contributed by atoms with van der Waals surface area (Å²) in [6.07, 6.45) is 3.71. The third kappa shape index (κ3) is 3.77. The molecule has 0 aromatic heterocycles. The Kier molecular flexibility index (Phi) is 4.22. The molecular weight excluding hydrogens is 164 g/mol. The van der Waals surface area contributed by atoms with E-state index in [0.717, 1.165) is 18.9 Å². The highest BCUT2D eigenvalue weighted by Crippen LogP contribution is 2.14. The monoisotopic (exact) mass is 184 g/mol. The third-order valence-electron chi connectivity index (χ3n) is 2.81. The van der Waals surface area contributed by atoms with Crippen LogP contribution in [0.4, 0.5) is 0 Å². The smallest absolute Gasteiger partial charge is 0.219 e. The van der Waals surface area contributed by atoms with E-state index >= 15 is 0 Å². The van der Waals surface area contributed by atoms with Crippen molar-refractivity contribution in [1.29, 1.82) is 0 Å². The lowest BCUT2D eigenvalue weighted by molar-refractivity contribution is -0.127. The molecule has 0 aromatic carbocycles. The minimum atomic E-state index is 0.171. The van der Waals surface area contributed by atoms with Gasteiger partial charge >= 0.3 is 0 Å². The molecule has 1 aliphatic rings. The lowest BCUT2D eigenvalue weighted by Gasteiger charge is -2.15. The number of amides is 1. The third-order valence-corrected chi connectivity index (χ3v) is 2.81. The van der Waals surface area contributed by atoms with Crippen LogP contribution in [-0.2, 0) is 4.79 Å². The second kappa shape index (κ2) is 5.22. The largest absolute Gasteiger partial charge is 0.346 e. The summed E-state index contributed by atoms with van der Waals surface area (Å²) >= 11 is 0. The van der Waals surface area contributed by atoms with Gasteiger partial charge in [-0.25, -0.2) is 0 Å². The van der Waals surface area contributed by atoms with E-state index in [0.29, 0.717) is 0 Å². The number of hydrogen-bond donors (Lipinski definition) is 1. The lowest BCUT2D eigenvalue weighted by atomic mass is 10.0. The second-order valence-corrected chi connectivity index (χ2v) is 3.94. The fourth-order valence-corrected chi connectivity index (χ4v) is 1.74. The highest BCUT2D eigenvalue weighted by molar-refractivity contribution is 5.72. The lowest BCUT2D eigenvalue weighted by Crippen LogP contribution is -2.25. The Morgan fingerprint density at radius 1 is 1.62 bits per heavy atom. The normalized spacial score (nSPS) is 21.8. The molecule has 76 valence electrons. The number of rotatable bonds is 4. The molecule has 1 fully saturated rings. The van der Waals surface area contributed by atoms with Crippen LogP contribution >= 0.6 is 0 Å². The van der Waals surface area contributed by atoms with Crippen molar-refractivity contribution in [3.8, 4) is 0 Å². The van der Waals surface area contributed by atoms with Gasteiger partial charge in [0.2, 0.25) is 5.91 Å². The molecule has 13 heavy (non-hydrogen) atoms. The minimum absolute atomic E-state index is 0.171. The highest BCUT2D eigenvalue weighted by atomic mass is 16.2. The Morgan fingerprint density at radius 3 is 2.92 bits per heavy atom. The quantitative estimate of drug-likeness (QED) is 0.702. The summed E-state index contributed by atoms with van der Waals surface area (Å²) in [5.74, 6) is 1.02. The maximum Gasteiger partial charge on any atom is 0.219 e. The van der Waals surface area contributed by atoms with Gasteiger partial charge < -0.3 is 10.2 Å². The molecule has 1 atom stereocenters. The van der Waals surface area contributed by atoms with Crippen LogP contribution in [0.25, 0.3) is 0 Å². The standard InChI is InChI=1S/C10H20N2O/c1-9(13)12(2)7-3-4-10-5-6-11-8-10/h10-11H,3-8H2,1-2H3. The number of nitrogens with zero attached hydrogens (tertiary/aromatic N) is 1. The van der Waals surface area contributed by atoms with Crippen LogP contribution < -0.4 is 5.32 Å². The van der Waals surface area contributed by atoms with Crippen molar-refractivity contribution in [2.45, 2.75) is 26.2 Å². The Hall–Kier alpha value is -0.570. The molecule has 0 bridgehead atoms. The zero-order valence-corrected chi connectivity index (χ0v) is 8.68. The van der Waals surface area contributed by atoms with E-state index in [1.165, 1.54) is 25.9 Å². The van der Waals surface area contributed by atoms with Crippen LogP contribution in [0.15, 0.2) is 0 Å². The van der Waals surface area contributed by atoms with E-state index in [1.807, 2.05) is 7.05 Å². The number of carbonyl (C=O) groups excluding carboxylic acids is 1. The summed E-state index contributed by atoms with van der Waals surface area (Å²) in [5, 5.41) is 3.35. The zero-order valence-electron chi connectivity index (χ0n) is 8.68. The first kappa shape index (κ1) is 10.5. The molecule has 0 saturated carbocycles. The molecule has 1 amide bonds. The van der Waals surface area contributed by atoms with Crippen molar-refractivity contribution >= 4 is 5.91 Å². The Bertz CT molecular complexity index is 164. The van der Waals surface area contributed by atoms with Crippen molar-refractivity contribution in [3.63, 3.8) is 0 Å². The first-order chi connectivity index (χ1) is 6.20. The molecule has 3 heteroatoms. The van der Waals surface area contributed by atoms with E-state index in [-0.39, 0.29) is 5.91 Å². The molecule has 1 aliphatic heterocycles. The van der Waals surface area contributed by atoms with Gasteiger partial charge in [0.25, 0.3) is 0 Å². The molecule has 1 rings (SSSR count). The van der Waals surface area contributed by atoms with Gasteiger partial charge in [-0.3, -0.25) is 4.79 Å². The first-order valence-corrected chi connectivity index (χ1v) is 5.12. The van der Waals surface area contributed by atoms with Crippen molar-refractivity contribution in [2.75, 3.05) is 26.7 Å². The van der Waals surface area contributed by atoms with Gasteiger partial charge in [0.1, 0.15) is 0 Å². The van der Waals surface area contributed by atoms with Crippen LogP contribution in [-0.4, -0.2) is 37.5 Å². The Balaban J connectivity index is 2.02. The molecule has 0 spiro atoms. The zero-order chi connectivity index (χ0) is 9.68. The molecule has 0 radical (unpaired) electrons. The van der Waals surface area contributed by atoms with Crippen molar-refractivity contribution in [1.82, 2.24) is 10.2 Å². The van der Waals surface area contributed by atoms with Gasteiger partial charge in [0.15, 0.2) is 0 Å². The molecule has 0 aliphatic carbocycles. The molecule has 1 saturated heterocycles. The molecule has 1 N–H and O–H groups in total. The van der Waals surface area contributed by atoms with Gasteiger partial charge in [0.05, 0.1) is 0 Å². The van der Waals surface area contributed by atoms with E-state index in [4.69, 9.17) is 0 Å². The van der Waals surface area contributed by atoms with Gasteiger partial charge in [0, 0.05) is 20.5 Å². The average molecular weight is 184 g/mol. The minimum Gasteiger partial charge on any atom is -0.346 e. The van der Waals surface area contributed by atoms with Crippen LogP contribution in [0.1, 0.15) is 26.2 Å². The van der Waals surface area contributed by atoms with Crippen LogP contribution in [0.2, 0.25) is 0 Å². The van der Waals surface area contributed by atoms with Gasteiger partial charge in [-0.15, -0.1) is 0 Å². The summed E-state index contributed by atoms with van der Waals surface area (Å²) in [4.78, 5) is 12.7. The Labute approximate surface area is 80.5 Å². The number of nitrogens with one attached hydrogen (secondary N) is 1. The van der Waals surface area contributed by atoms with Gasteiger partial charge in [-0.2, -0.15) is 0 Å². The predicted molar refractivity (Wildman–Crippen MR) is 53.5 cm³/mol. The van der Waals surface area contributed by atoms with E-state index in [2.05, 4.69) is 5.32 Å². The summed E-state index contributed by atoms with van der Waals surface area (Å²) in [7, 11) is 1.87. The highest BCUT2D eigenvalue weighted by Gasteiger charge is 2.13. The maximum absolute atomic E-state index is 10.9. The molecule has 0 aromatic rings. The van der Waals surface area contributed by atoms with Crippen molar-refractivity contribution < 1.29 is 4.79 Å². The first-order valence-electron chi connectivity index (χ1n) is 5.12. The van der Waals surface area contributed by atoms with E-state index in [9.17, 15) is 4.79 Å². The summed E-state index contributed by atoms with van der Waals surface area (Å²) in [5.41, 5.74) is 0. The van der Waals surface area contributed by atoms with E-state index in [1.54, 1.807) is 11.8 Å². The van der Waals surface area contributed by atoms with Gasteiger partial charge in [-0.05, 0) is 38.3 Å². The fraction of sp³-hybridized carbons (Fsp3) is 0.900. The molecule has 1 heterocycles. The predicted octanol–water partition coefficient (Wildman–Crippen LogP) is 0.854. The van der Waals surface area contributed by atoms with Gasteiger partial charge in [-0.1, -0.05) is 0 Å². The van der Waals surface area contributed by atoms with E-state index < -0.39 is 0 Å². The molecule has 1 unspecified atom stereocenters. The molecular formula is C10H20N2O. The number of hydrogen-bond acceptors (Lipinski definition) is 2. The maximum atomic E-state index is 10.9. The Morgan fingerprint density at radius 2 is 2.38 bits per heavy atom.